The molecule has 0 aliphatic carbocycles. The number of carbonyl (C=O) groups excluding carboxylic acids is 1. The highest BCUT2D eigenvalue weighted by Gasteiger charge is 2.19. The van der Waals surface area contributed by atoms with Gasteiger partial charge in [-0.3, -0.25) is 4.79 Å². The Morgan fingerprint density at radius 3 is 2.40 bits per heavy atom. The molecule has 0 N–H and O–H groups in total. The van der Waals surface area contributed by atoms with E-state index in [1.165, 1.54) is 0 Å². The zero-order valence-electron chi connectivity index (χ0n) is 6.61. The standard InChI is InChI=1S/C7H13ClO2/c1-4-7(2,3)10-6(9)5-8/h4-5H2,1-3H3. The number of rotatable bonds is 3. The molecule has 0 atom stereocenters. The smallest absolute Gasteiger partial charge is 0.321 e. The zero-order chi connectivity index (χ0) is 8.20. The lowest BCUT2D eigenvalue weighted by atomic mass is 10.1. The molecule has 60 valence electrons. The molecule has 0 radical (unpaired) electrons. The van der Waals surface area contributed by atoms with Crippen LogP contribution in [0.25, 0.3) is 0 Å². The Kier molecular flexibility index (Phi) is 3.72. The first-order valence-corrected chi connectivity index (χ1v) is 3.83. The maximum absolute atomic E-state index is 10.6. The van der Waals surface area contributed by atoms with E-state index in [0.29, 0.717) is 0 Å². The Morgan fingerprint density at radius 2 is 2.10 bits per heavy atom. The normalized spacial score (nSPS) is 11.2. The Bertz CT molecular complexity index is 121. The summed E-state index contributed by atoms with van der Waals surface area (Å²) < 4.78 is 4.97. The molecule has 0 aromatic rings. The monoisotopic (exact) mass is 164 g/mol. The molecule has 0 saturated carbocycles. The van der Waals surface area contributed by atoms with Crippen molar-refractivity contribution >= 4 is 17.6 Å². The van der Waals surface area contributed by atoms with Gasteiger partial charge in [-0.1, -0.05) is 6.92 Å². The maximum Gasteiger partial charge on any atom is 0.321 e. The highest BCUT2D eigenvalue weighted by Crippen LogP contribution is 2.13. The van der Waals surface area contributed by atoms with Crippen LogP contribution in [0.4, 0.5) is 0 Å². The molecule has 0 saturated heterocycles. The van der Waals surface area contributed by atoms with Crippen molar-refractivity contribution in [1.29, 1.82) is 0 Å². The largest absolute Gasteiger partial charge is 0.459 e. The van der Waals surface area contributed by atoms with Gasteiger partial charge in [-0.2, -0.15) is 0 Å². The number of hydrogen-bond donors (Lipinski definition) is 0. The molecule has 0 amide bonds. The molecule has 0 unspecified atom stereocenters. The molecule has 0 aromatic heterocycles. The van der Waals surface area contributed by atoms with E-state index in [9.17, 15) is 4.79 Å². The van der Waals surface area contributed by atoms with E-state index in [1.807, 2.05) is 20.8 Å². The van der Waals surface area contributed by atoms with Gasteiger partial charge in [0.2, 0.25) is 0 Å². The van der Waals surface area contributed by atoms with Crippen LogP contribution in [0.2, 0.25) is 0 Å². The van der Waals surface area contributed by atoms with Crippen LogP contribution in [0.15, 0.2) is 0 Å². The third kappa shape index (κ3) is 3.72. The van der Waals surface area contributed by atoms with E-state index in [1.54, 1.807) is 0 Å². The highest BCUT2D eigenvalue weighted by atomic mass is 35.5. The first-order chi connectivity index (χ1) is 4.52. The molecule has 0 heterocycles. The first-order valence-electron chi connectivity index (χ1n) is 3.29. The molecule has 0 aromatic carbocycles. The minimum Gasteiger partial charge on any atom is -0.459 e. The topological polar surface area (TPSA) is 26.3 Å². The predicted molar refractivity (Wildman–Crippen MR) is 41.2 cm³/mol. The summed E-state index contributed by atoms with van der Waals surface area (Å²) in [6.45, 7) is 5.68. The van der Waals surface area contributed by atoms with Gasteiger partial charge in [0.25, 0.3) is 0 Å². The zero-order valence-corrected chi connectivity index (χ0v) is 7.36. The second kappa shape index (κ2) is 3.81. The van der Waals surface area contributed by atoms with Gasteiger partial charge in [-0.05, 0) is 20.3 Å². The fourth-order valence-electron chi connectivity index (χ4n) is 0.408. The molecule has 3 heteroatoms. The Labute approximate surface area is 66.5 Å². The fraction of sp³-hybridized carbons (Fsp3) is 0.857. The lowest BCUT2D eigenvalue weighted by Gasteiger charge is -2.22. The van der Waals surface area contributed by atoms with Crippen molar-refractivity contribution in [2.45, 2.75) is 32.8 Å². The summed E-state index contributed by atoms with van der Waals surface area (Å²) in [5.74, 6) is -0.419. The van der Waals surface area contributed by atoms with Gasteiger partial charge >= 0.3 is 5.97 Å². The Balaban J connectivity index is 3.76. The van der Waals surface area contributed by atoms with Gasteiger partial charge in [0.05, 0.1) is 0 Å². The van der Waals surface area contributed by atoms with E-state index < -0.39 is 0 Å². The van der Waals surface area contributed by atoms with Crippen molar-refractivity contribution in [1.82, 2.24) is 0 Å². The van der Waals surface area contributed by atoms with Crippen molar-refractivity contribution in [3.05, 3.63) is 0 Å². The number of alkyl halides is 1. The molecule has 0 spiro atoms. The Hall–Kier alpha value is -0.240. The van der Waals surface area contributed by atoms with E-state index >= 15 is 0 Å². The van der Waals surface area contributed by atoms with Gasteiger partial charge in [-0.15, -0.1) is 11.6 Å². The molecule has 0 aliphatic heterocycles. The highest BCUT2D eigenvalue weighted by molar-refractivity contribution is 6.26. The van der Waals surface area contributed by atoms with Crippen molar-refractivity contribution in [3.8, 4) is 0 Å². The lowest BCUT2D eigenvalue weighted by molar-refractivity contribution is -0.153. The quantitative estimate of drug-likeness (QED) is 0.471. The van der Waals surface area contributed by atoms with E-state index in [4.69, 9.17) is 16.3 Å². The van der Waals surface area contributed by atoms with Crippen LogP contribution in [0.5, 0.6) is 0 Å². The van der Waals surface area contributed by atoms with Crippen LogP contribution >= 0.6 is 11.6 Å². The lowest BCUT2D eigenvalue weighted by Crippen LogP contribution is -2.27. The van der Waals surface area contributed by atoms with Crippen LogP contribution in [0.1, 0.15) is 27.2 Å². The van der Waals surface area contributed by atoms with Gasteiger partial charge in [0.15, 0.2) is 0 Å². The molecule has 0 aliphatic rings. The number of ether oxygens (including phenoxy) is 1. The summed E-state index contributed by atoms with van der Waals surface area (Å²) in [5, 5.41) is 0. The first kappa shape index (κ1) is 9.76. The van der Waals surface area contributed by atoms with E-state index in [-0.39, 0.29) is 17.5 Å². The predicted octanol–water partition coefficient (Wildman–Crippen LogP) is 1.96. The van der Waals surface area contributed by atoms with Crippen molar-refractivity contribution < 1.29 is 9.53 Å². The molecule has 0 fully saturated rings. The number of carbonyl (C=O) groups is 1. The Morgan fingerprint density at radius 1 is 1.60 bits per heavy atom. The summed E-state index contributed by atoms with van der Waals surface area (Å²) >= 11 is 5.24. The number of esters is 1. The van der Waals surface area contributed by atoms with Gasteiger partial charge < -0.3 is 4.74 Å². The maximum atomic E-state index is 10.6. The third-order valence-corrected chi connectivity index (χ3v) is 1.57. The average Bonchev–Trinajstić information content (AvgIpc) is 1.87. The summed E-state index contributed by atoms with van der Waals surface area (Å²) in [4.78, 5) is 10.6. The molecule has 2 nitrogen and oxygen atoms in total. The van der Waals surface area contributed by atoms with Crippen molar-refractivity contribution in [2.75, 3.05) is 5.88 Å². The van der Waals surface area contributed by atoms with Crippen molar-refractivity contribution in [3.63, 3.8) is 0 Å². The summed E-state index contributed by atoms with van der Waals surface area (Å²) in [6.07, 6.45) is 0.801. The molecular formula is C7H13ClO2. The molecule has 0 bridgehead atoms. The van der Waals surface area contributed by atoms with Crippen LogP contribution in [-0.2, 0) is 9.53 Å². The van der Waals surface area contributed by atoms with Gasteiger partial charge in [0, 0.05) is 0 Å². The minimum atomic E-state index is -0.369. The second-order valence-corrected chi connectivity index (χ2v) is 2.99. The minimum absolute atomic E-state index is 0.0660. The second-order valence-electron chi connectivity index (χ2n) is 2.72. The van der Waals surface area contributed by atoms with Crippen LogP contribution < -0.4 is 0 Å². The fourth-order valence-corrected chi connectivity index (χ4v) is 0.462. The van der Waals surface area contributed by atoms with E-state index in [0.717, 1.165) is 6.42 Å². The van der Waals surface area contributed by atoms with E-state index in [2.05, 4.69) is 0 Å². The third-order valence-electron chi connectivity index (χ3n) is 1.35. The summed E-state index contributed by atoms with van der Waals surface area (Å²) in [7, 11) is 0. The van der Waals surface area contributed by atoms with Crippen LogP contribution in [-0.4, -0.2) is 17.5 Å². The summed E-state index contributed by atoms with van der Waals surface area (Å²) in [5.41, 5.74) is -0.369. The number of halogens is 1. The molecule has 10 heavy (non-hydrogen) atoms. The average molecular weight is 165 g/mol. The van der Waals surface area contributed by atoms with Crippen molar-refractivity contribution in [2.24, 2.45) is 0 Å². The summed E-state index contributed by atoms with van der Waals surface area (Å²) in [6, 6.07) is 0. The SMILES string of the molecule is CCC(C)(C)OC(=O)CCl. The number of hydrogen-bond acceptors (Lipinski definition) is 2. The van der Waals surface area contributed by atoms with Gasteiger partial charge in [-0.25, -0.2) is 0 Å². The molecular weight excluding hydrogens is 152 g/mol. The van der Waals surface area contributed by atoms with Crippen LogP contribution in [0, 0.1) is 0 Å². The molecule has 0 rings (SSSR count). The van der Waals surface area contributed by atoms with Gasteiger partial charge in [0.1, 0.15) is 11.5 Å². The van der Waals surface area contributed by atoms with Crippen LogP contribution in [0.3, 0.4) is 0 Å².